The highest BCUT2D eigenvalue weighted by Gasteiger charge is 2.40. The van der Waals surface area contributed by atoms with Crippen LogP contribution in [0.4, 0.5) is 11.4 Å². The number of carbonyl (C=O) groups excluding carboxylic acids is 4. The second-order valence-electron chi connectivity index (χ2n) is 15.4. The number of nitrogens with one attached hydrogen (secondary N) is 2. The summed E-state index contributed by atoms with van der Waals surface area (Å²) in [4.78, 5) is 60.4. The van der Waals surface area contributed by atoms with E-state index < -0.39 is 11.9 Å². The van der Waals surface area contributed by atoms with Crippen LogP contribution in [-0.4, -0.2) is 110 Å². The van der Waals surface area contributed by atoms with Gasteiger partial charge >= 0.3 is 0 Å². The number of piperidine rings is 1. The molecule has 0 aliphatic carbocycles. The van der Waals surface area contributed by atoms with Crippen molar-refractivity contribution >= 4 is 69.1 Å². The number of rotatable bonds is 18. The van der Waals surface area contributed by atoms with Crippen LogP contribution in [0.1, 0.15) is 72.9 Å². The van der Waals surface area contributed by atoms with E-state index in [9.17, 15) is 24.4 Å². The van der Waals surface area contributed by atoms with E-state index in [0.29, 0.717) is 106 Å². The SMILES string of the molecule is COc1cc(Nc2c(C#N)cnc3cc(OCCCN4CCN(C(=O)CCCCCCOc5cccc6c5CN(C5CCC(=O)NC5=O)C6=O)CC4)c(OC)cc23)c(Cl)cc1Cl. The number of hydrogen-bond acceptors (Lipinski definition) is 12. The summed E-state index contributed by atoms with van der Waals surface area (Å²) in [7, 11) is 3.07. The molecule has 2 fully saturated rings. The Morgan fingerprint density at radius 2 is 1.66 bits per heavy atom. The first-order valence-corrected chi connectivity index (χ1v) is 21.6. The van der Waals surface area contributed by atoms with Crippen LogP contribution in [0.25, 0.3) is 10.9 Å². The number of methoxy groups -OCH3 is 2. The van der Waals surface area contributed by atoms with Crippen LogP contribution in [0.15, 0.2) is 48.7 Å². The molecular formula is C45H49Cl2N7O8. The van der Waals surface area contributed by atoms with Gasteiger partial charge in [-0.1, -0.05) is 42.1 Å². The molecule has 3 aliphatic heterocycles. The van der Waals surface area contributed by atoms with Crippen molar-refractivity contribution < 1.29 is 38.1 Å². The highest BCUT2D eigenvalue weighted by atomic mass is 35.5. The first kappa shape index (κ1) is 44.2. The van der Waals surface area contributed by atoms with Gasteiger partial charge in [0.2, 0.25) is 17.7 Å². The van der Waals surface area contributed by atoms with Crippen molar-refractivity contribution in [2.45, 2.75) is 64.0 Å². The van der Waals surface area contributed by atoms with Crippen LogP contribution in [-0.2, 0) is 20.9 Å². The molecule has 4 aromatic rings. The van der Waals surface area contributed by atoms with Gasteiger partial charge in [-0.05, 0) is 49.9 Å². The van der Waals surface area contributed by atoms with Crippen molar-refractivity contribution in [3.05, 3.63) is 75.4 Å². The molecular weight excluding hydrogens is 837 g/mol. The van der Waals surface area contributed by atoms with E-state index in [1.54, 1.807) is 43.5 Å². The molecule has 4 heterocycles. The van der Waals surface area contributed by atoms with Crippen LogP contribution in [0.5, 0.6) is 23.0 Å². The van der Waals surface area contributed by atoms with Crippen LogP contribution >= 0.6 is 23.2 Å². The van der Waals surface area contributed by atoms with Gasteiger partial charge in [-0.3, -0.25) is 34.4 Å². The first-order chi connectivity index (χ1) is 30.1. The van der Waals surface area contributed by atoms with Crippen molar-refractivity contribution in [3.8, 4) is 29.1 Å². The number of fused-ring (bicyclic) bond motifs is 2. The number of halogens is 2. The van der Waals surface area contributed by atoms with Crippen molar-refractivity contribution in [1.29, 1.82) is 5.26 Å². The van der Waals surface area contributed by atoms with Crippen molar-refractivity contribution in [1.82, 2.24) is 25.0 Å². The Morgan fingerprint density at radius 3 is 2.42 bits per heavy atom. The summed E-state index contributed by atoms with van der Waals surface area (Å²) in [5.41, 5.74) is 3.23. The third-order valence-electron chi connectivity index (χ3n) is 11.5. The van der Waals surface area contributed by atoms with Crippen LogP contribution in [0.2, 0.25) is 10.0 Å². The number of amides is 4. The van der Waals surface area contributed by atoms with Gasteiger partial charge in [-0.2, -0.15) is 5.26 Å². The fraction of sp³-hybridized carbons (Fsp3) is 0.422. The molecule has 0 radical (unpaired) electrons. The Morgan fingerprint density at radius 1 is 0.903 bits per heavy atom. The Balaban J connectivity index is 0.799. The number of nitrogens with zero attached hydrogens (tertiary/aromatic N) is 5. The summed E-state index contributed by atoms with van der Waals surface area (Å²) in [6, 6.07) is 13.7. The second-order valence-corrected chi connectivity index (χ2v) is 16.2. The quantitative estimate of drug-likeness (QED) is 0.0785. The zero-order chi connectivity index (χ0) is 43.8. The molecule has 0 saturated carbocycles. The molecule has 3 aliphatic rings. The Kier molecular flexibility index (Phi) is 14.5. The molecule has 326 valence electrons. The molecule has 62 heavy (non-hydrogen) atoms. The van der Waals surface area contributed by atoms with E-state index in [2.05, 4.69) is 26.6 Å². The lowest BCUT2D eigenvalue weighted by Crippen LogP contribution is -2.52. The van der Waals surface area contributed by atoms with Gasteiger partial charge in [0.15, 0.2) is 11.5 Å². The Labute approximate surface area is 370 Å². The van der Waals surface area contributed by atoms with E-state index in [1.807, 2.05) is 11.0 Å². The maximum Gasteiger partial charge on any atom is 0.255 e. The molecule has 4 amide bonds. The minimum atomic E-state index is -0.665. The number of benzene rings is 3. The van der Waals surface area contributed by atoms with Gasteiger partial charge in [-0.15, -0.1) is 0 Å². The largest absolute Gasteiger partial charge is 0.495 e. The number of ether oxygens (including phenoxy) is 4. The minimum absolute atomic E-state index is 0.183. The average molecular weight is 887 g/mol. The maximum atomic E-state index is 13.1. The molecule has 1 aromatic heterocycles. The summed E-state index contributed by atoms with van der Waals surface area (Å²) < 4.78 is 23.3. The third-order valence-corrected chi connectivity index (χ3v) is 12.1. The van der Waals surface area contributed by atoms with Crippen LogP contribution in [0, 0.1) is 11.3 Å². The molecule has 2 N–H and O–H groups in total. The first-order valence-electron chi connectivity index (χ1n) is 20.8. The number of aromatic nitrogens is 1. The summed E-state index contributed by atoms with van der Waals surface area (Å²) in [5, 5.41) is 16.8. The Hall–Kier alpha value is -5.82. The van der Waals surface area contributed by atoms with Gasteiger partial charge in [0.1, 0.15) is 23.6 Å². The van der Waals surface area contributed by atoms with Crippen LogP contribution < -0.4 is 29.6 Å². The van der Waals surface area contributed by atoms with Gasteiger partial charge < -0.3 is 34.1 Å². The zero-order valence-corrected chi connectivity index (χ0v) is 36.3. The fourth-order valence-electron chi connectivity index (χ4n) is 8.06. The molecule has 0 bridgehead atoms. The summed E-state index contributed by atoms with van der Waals surface area (Å²) in [6.07, 6.45) is 6.76. The smallest absolute Gasteiger partial charge is 0.255 e. The molecule has 0 spiro atoms. The zero-order valence-electron chi connectivity index (χ0n) is 34.8. The molecule has 1 atom stereocenters. The summed E-state index contributed by atoms with van der Waals surface area (Å²) >= 11 is 12.7. The molecule has 2 saturated heterocycles. The lowest BCUT2D eigenvalue weighted by Gasteiger charge is -2.34. The average Bonchev–Trinajstić information content (AvgIpc) is 3.61. The van der Waals surface area contributed by atoms with Gasteiger partial charge in [0.25, 0.3) is 5.91 Å². The molecule has 15 nitrogen and oxygen atoms in total. The number of hydrogen-bond donors (Lipinski definition) is 2. The fourth-order valence-corrected chi connectivity index (χ4v) is 8.57. The van der Waals surface area contributed by atoms with Crippen molar-refractivity contribution in [2.24, 2.45) is 0 Å². The highest BCUT2D eigenvalue weighted by Crippen LogP contribution is 2.41. The number of anilines is 2. The van der Waals surface area contributed by atoms with Crippen molar-refractivity contribution in [2.75, 3.05) is 65.5 Å². The predicted molar refractivity (Wildman–Crippen MR) is 234 cm³/mol. The standard InChI is InChI=1S/C45H49Cl2N7O8/c1-59-38-24-35(32(46)22-33(38)47)50-43-28(25-48)26-49-34-23-40(39(60-2)21-30(34)43)62-20-8-14-52-15-17-53(18-16-52)42(56)11-5-3-4-6-19-61-37-10-7-9-29-31(37)27-54(45(29)58)36-12-13-41(55)51-44(36)57/h7,9-10,21-24,26,36H,3-6,8,11-20,27H2,1-2H3,(H,49,50)(H,51,55,57). The van der Waals surface area contributed by atoms with Crippen LogP contribution in [0.3, 0.4) is 0 Å². The van der Waals surface area contributed by atoms with E-state index in [1.165, 1.54) is 18.2 Å². The molecule has 17 heteroatoms. The second kappa shape index (κ2) is 20.4. The number of piperazine rings is 1. The molecule has 3 aromatic carbocycles. The lowest BCUT2D eigenvalue weighted by molar-refractivity contribution is -0.137. The van der Waals surface area contributed by atoms with Crippen molar-refractivity contribution in [3.63, 3.8) is 0 Å². The number of pyridine rings is 1. The maximum absolute atomic E-state index is 13.1. The number of nitriles is 1. The highest BCUT2D eigenvalue weighted by molar-refractivity contribution is 6.37. The van der Waals surface area contributed by atoms with Gasteiger partial charge in [-0.25, -0.2) is 0 Å². The molecule has 7 rings (SSSR count). The topological polar surface area (TPSA) is 176 Å². The summed E-state index contributed by atoms with van der Waals surface area (Å²) in [6.45, 7) is 5.01. The predicted octanol–water partition coefficient (Wildman–Crippen LogP) is 6.88. The van der Waals surface area contributed by atoms with Gasteiger partial charge in [0.05, 0.1) is 66.5 Å². The van der Waals surface area contributed by atoms with E-state index in [4.69, 9.17) is 42.1 Å². The monoisotopic (exact) mass is 885 g/mol. The van der Waals surface area contributed by atoms with E-state index >= 15 is 0 Å². The lowest BCUT2D eigenvalue weighted by atomic mass is 10.0. The van der Waals surface area contributed by atoms with E-state index in [0.717, 1.165) is 57.3 Å². The number of imide groups is 1. The molecule has 1 unspecified atom stereocenters. The normalized spacial score (nSPS) is 16.5. The summed E-state index contributed by atoms with van der Waals surface area (Å²) in [5.74, 6) is 1.31. The Bertz CT molecular complexity index is 2380. The third kappa shape index (κ3) is 10.1. The number of unbranched alkanes of at least 4 members (excludes halogenated alkanes) is 3. The minimum Gasteiger partial charge on any atom is -0.495 e. The van der Waals surface area contributed by atoms with Gasteiger partial charge in [0, 0.05) is 80.4 Å². The number of carbonyl (C=O) groups is 4. The van der Waals surface area contributed by atoms with E-state index in [-0.39, 0.29) is 30.7 Å².